The number of carbonyl (C=O) groups is 2. The molecule has 1 heterocycles. The molecule has 0 radical (unpaired) electrons. The predicted molar refractivity (Wildman–Crippen MR) is 100 cm³/mol. The number of rotatable bonds is 5. The Bertz CT molecular complexity index is 744. The van der Waals surface area contributed by atoms with Crippen molar-refractivity contribution in [1.82, 2.24) is 4.90 Å². The summed E-state index contributed by atoms with van der Waals surface area (Å²) >= 11 is 0. The first-order chi connectivity index (χ1) is 13.8. The molecule has 1 saturated heterocycles. The summed E-state index contributed by atoms with van der Waals surface area (Å²) in [5.41, 5.74) is 1.76. The fourth-order valence-electron chi connectivity index (χ4n) is 2.91. The summed E-state index contributed by atoms with van der Waals surface area (Å²) in [6.07, 6.45) is -3.54. The molecule has 0 unspecified atom stereocenters. The van der Waals surface area contributed by atoms with E-state index in [2.05, 4.69) is 10.5 Å². The molecule has 1 aromatic rings. The fraction of sp³-hybridized carbons (Fsp3) is 0.526. The summed E-state index contributed by atoms with van der Waals surface area (Å²) in [4.78, 5) is 25.8. The van der Waals surface area contributed by atoms with Gasteiger partial charge in [-0.3, -0.25) is 10.2 Å². The first kappa shape index (κ1) is 22.5. The normalized spacial score (nSPS) is 15.8. The van der Waals surface area contributed by atoms with Crippen molar-refractivity contribution in [3.8, 4) is 0 Å². The van der Waals surface area contributed by atoms with E-state index in [1.165, 1.54) is 12.1 Å². The Morgan fingerprint density at radius 2 is 1.83 bits per heavy atom. The Kier molecular flexibility index (Phi) is 7.86. The van der Waals surface area contributed by atoms with Crippen molar-refractivity contribution in [3.05, 3.63) is 29.8 Å². The van der Waals surface area contributed by atoms with Gasteiger partial charge < -0.3 is 14.4 Å². The lowest BCUT2D eigenvalue weighted by atomic mass is 9.97. The van der Waals surface area contributed by atoms with Crippen LogP contribution in [-0.2, 0) is 25.2 Å². The van der Waals surface area contributed by atoms with Crippen molar-refractivity contribution in [1.29, 1.82) is 0 Å². The van der Waals surface area contributed by atoms with E-state index >= 15 is 0 Å². The molecule has 2 rings (SSSR count). The second kappa shape index (κ2) is 10.1. The van der Waals surface area contributed by atoms with Crippen molar-refractivity contribution in [2.45, 2.75) is 32.9 Å². The molecule has 1 fully saturated rings. The van der Waals surface area contributed by atoms with Gasteiger partial charge in [-0.2, -0.15) is 13.2 Å². The number of hydrazone groups is 1. The van der Waals surface area contributed by atoms with E-state index in [1.54, 1.807) is 18.7 Å². The molecule has 1 aromatic carbocycles. The topological polar surface area (TPSA) is 80.2 Å². The molecular weight excluding hydrogens is 391 g/mol. The van der Waals surface area contributed by atoms with Gasteiger partial charge in [-0.15, -0.1) is 5.10 Å². The van der Waals surface area contributed by atoms with Crippen LogP contribution in [0.15, 0.2) is 29.4 Å². The van der Waals surface area contributed by atoms with E-state index in [-0.39, 0.29) is 30.0 Å². The van der Waals surface area contributed by atoms with Crippen molar-refractivity contribution < 1.29 is 32.2 Å². The summed E-state index contributed by atoms with van der Waals surface area (Å²) in [6, 6.07) is 4.50. The number of esters is 2. The maximum atomic E-state index is 12.9. The minimum Gasteiger partial charge on any atom is -0.466 e. The van der Waals surface area contributed by atoms with Crippen LogP contribution >= 0.6 is 0 Å². The Balaban J connectivity index is 2.13. The zero-order valence-electron chi connectivity index (χ0n) is 16.3. The molecule has 1 aliphatic heterocycles. The SMILES string of the molecule is CCOC(=O)/C(=N\Nc1cccc(C(F)(F)F)c1)N1CCC(C(=O)OCC)CC1. The molecule has 0 spiro atoms. The predicted octanol–water partition coefficient (Wildman–Crippen LogP) is 3.27. The number of hydrogen-bond acceptors (Lipinski definition) is 6. The molecule has 0 atom stereocenters. The molecule has 0 saturated carbocycles. The van der Waals surface area contributed by atoms with Crippen LogP contribution < -0.4 is 5.43 Å². The summed E-state index contributed by atoms with van der Waals surface area (Å²) < 4.78 is 48.6. The second-order valence-electron chi connectivity index (χ2n) is 6.36. The number of halogens is 3. The lowest BCUT2D eigenvalue weighted by Crippen LogP contribution is -2.44. The van der Waals surface area contributed by atoms with Crippen molar-refractivity contribution in [2.75, 3.05) is 31.7 Å². The molecule has 1 N–H and O–H groups in total. The van der Waals surface area contributed by atoms with Crippen molar-refractivity contribution in [3.63, 3.8) is 0 Å². The van der Waals surface area contributed by atoms with E-state index in [0.29, 0.717) is 32.5 Å². The van der Waals surface area contributed by atoms with Gasteiger partial charge in [0.2, 0.25) is 5.84 Å². The van der Waals surface area contributed by atoms with Crippen LogP contribution in [0.4, 0.5) is 18.9 Å². The van der Waals surface area contributed by atoms with E-state index in [1.807, 2.05) is 0 Å². The molecule has 7 nitrogen and oxygen atoms in total. The third-order valence-corrected chi connectivity index (χ3v) is 4.35. The monoisotopic (exact) mass is 415 g/mol. The number of carbonyl (C=O) groups excluding carboxylic acids is 2. The number of benzene rings is 1. The van der Waals surface area contributed by atoms with Crippen LogP contribution in [0.25, 0.3) is 0 Å². The van der Waals surface area contributed by atoms with Gasteiger partial charge >= 0.3 is 18.1 Å². The first-order valence-electron chi connectivity index (χ1n) is 9.35. The minimum atomic E-state index is -4.49. The summed E-state index contributed by atoms with van der Waals surface area (Å²) in [5.74, 6) is -1.27. The molecule has 160 valence electrons. The summed E-state index contributed by atoms with van der Waals surface area (Å²) in [7, 11) is 0. The third kappa shape index (κ3) is 6.37. The van der Waals surface area contributed by atoms with Gasteiger partial charge in [0.05, 0.1) is 30.4 Å². The van der Waals surface area contributed by atoms with Gasteiger partial charge in [0.25, 0.3) is 0 Å². The van der Waals surface area contributed by atoms with Crippen LogP contribution in [0.1, 0.15) is 32.3 Å². The highest BCUT2D eigenvalue weighted by molar-refractivity contribution is 6.35. The number of ether oxygens (including phenoxy) is 2. The zero-order valence-corrected chi connectivity index (χ0v) is 16.3. The van der Waals surface area contributed by atoms with E-state index < -0.39 is 17.7 Å². The Morgan fingerprint density at radius 3 is 2.41 bits per heavy atom. The van der Waals surface area contributed by atoms with Crippen molar-refractivity contribution in [2.24, 2.45) is 11.0 Å². The third-order valence-electron chi connectivity index (χ3n) is 4.35. The number of anilines is 1. The van der Waals surface area contributed by atoms with Gasteiger partial charge in [0.1, 0.15) is 0 Å². The van der Waals surface area contributed by atoms with E-state index in [0.717, 1.165) is 12.1 Å². The minimum absolute atomic E-state index is 0.0495. The number of hydrogen-bond donors (Lipinski definition) is 1. The number of likely N-dealkylation sites (tertiary alicyclic amines) is 1. The van der Waals surface area contributed by atoms with Gasteiger partial charge in [0.15, 0.2) is 0 Å². The zero-order chi connectivity index (χ0) is 21.4. The van der Waals surface area contributed by atoms with Crippen LogP contribution in [0, 0.1) is 5.92 Å². The molecule has 0 amide bonds. The molecule has 0 aliphatic carbocycles. The van der Waals surface area contributed by atoms with Crippen LogP contribution in [0.5, 0.6) is 0 Å². The quantitative estimate of drug-likeness (QED) is 0.344. The number of piperidine rings is 1. The second-order valence-corrected chi connectivity index (χ2v) is 6.36. The molecule has 0 aromatic heterocycles. The van der Waals surface area contributed by atoms with Crippen LogP contribution in [-0.4, -0.2) is 49.0 Å². The fourth-order valence-corrected chi connectivity index (χ4v) is 2.91. The molecular formula is C19H24F3N3O4. The number of nitrogens with zero attached hydrogens (tertiary/aromatic N) is 2. The van der Waals surface area contributed by atoms with Crippen LogP contribution in [0.2, 0.25) is 0 Å². The lowest BCUT2D eigenvalue weighted by Gasteiger charge is -2.32. The highest BCUT2D eigenvalue weighted by Crippen LogP contribution is 2.30. The standard InChI is InChI=1S/C19H24F3N3O4/c1-3-28-17(26)13-8-10-25(11-9-13)16(18(27)29-4-2)24-23-15-7-5-6-14(12-15)19(20,21)22/h5-7,12-13,23H,3-4,8-11H2,1-2H3/b24-16+. The summed E-state index contributed by atoms with van der Waals surface area (Å²) in [5, 5.41) is 4.00. The average molecular weight is 415 g/mol. The molecule has 29 heavy (non-hydrogen) atoms. The first-order valence-corrected chi connectivity index (χ1v) is 9.35. The Hall–Kier alpha value is -2.78. The van der Waals surface area contributed by atoms with Gasteiger partial charge in [-0.1, -0.05) is 6.07 Å². The maximum Gasteiger partial charge on any atom is 0.416 e. The smallest absolute Gasteiger partial charge is 0.416 e. The molecule has 10 heteroatoms. The Labute approximate surface area is 166 Å². The number of amidine groups is 1. The number of alkyl halides is 3. The van der Waals surface area contributed by atoms with Gasteiger partial charge in [-0.05, 0) is 44.9 Å². The average Bonchev–Trinajstić information content (AvgIpc) is 2.68. The number of nitrogens with one attached hydrogen (secondary N) is 1. The highest BCUT2D eigenvalue weighted by atomic mass is 19.4. The van der Waals surface area contributed by atoms with Crippen LogP contribution in [0.3, 0.4) is 0 Å². The van der Waals surface area contributed by atoms with E-state index in [4.69, 9.17) is 9.47 Å². The maximum absolute atomic E-state index is 12.9. The van der Waals surface area contributed by atoms with Crippen molar-refractivity contribution >= 4 is 23.5 Å². The van der Waals surface area contributed by atoms with E-state index in [9.17, 15) is 22.8 Å². The molecule has 1 aliphatic rings. The summed E-state index contributed by atoms with van der Waals surface area (Å²) in [6.45, 7) is 4.54. The Morgan fingerprint density at radius 1 is 1.17 bits per heavy atom. The largest absolute Gasteiger partial charge is 0.466 e. The van der Waals surface area contributed by atoms with Gasteiger partial charge in [-0.25, -0.2) is 4.79 Å². The lowest BCUT2D eigenvalue weighted by molar-refractivity contribution is -0.149. The highest BCUT2D eigenvalue weighted by Gasteiger charge is 2.31. The molecule has 0 bridgehead atoms. The van der Waals surface area contributed by atoms with Gasteiger partial charge in [0, 0.05) is 13.1 Å².